The molecule has 0 unspecified atom stereocenters. The number of ether oxygens (including phenoxy) is 3. The molecule has 0 aliphatic carbocycles. The fourth-order valence-electron chi connectivity index (χ4n) is 2.35. The topological polar surface area (TPSA) is 39.7 Å². The van der Waals surface area contributed by atoms with Crippen molar-refractivity contribution in [2.75, 3.05) is 13.9 Å². The molecule has 1 heterocycles. The van der Waals surface area contributed by atoms with Gasteiger partial charge in [-0.15, -0.1) is 0 Å². The minimum Gasteiger partial charge on any atom is -0.497 e. The lowest BCUT2D eigenvalue weighted by molar-refractivity contribution is 0.174. The third-order valence-electron chi connectivity index (χ3n) is 3.64. The van der Waals surface area contributed by atoms with E-state index in [1.807, 2.05) is 24.3 Å². The van der Waals surface area contributed by atoms with Crippen LogP contribution in [0.2, 0.25) is 0 Å². The lowest BCUT2D eigenvalue weighted by atomic mass is 10.1. The summed E-state index contributed by atoms with van der Waals surface area (Å²) in [6, 6.07) is 14.4. The summed E-state index contributed by atoms with van der Waals surface area (Å²) in [4.78, 5) is 0. The molecule has 0 radical (unpaired) electrons. The van der Waals surface area contributed by atoms with Crippen LogP contribution >= 0.6 is 0 Å². The Kier molecular flexibility index (Phi) is 3.97. The summed E-state index contributed by atoms with van der Waals surface area (Å²) < 4.78 is 16.0. The van der Waals surface area contributed by atoms with Crippen LogP contribution in [-0.2, 0) is 6.54 Å². The van der Waals surface area contributed by atoms with E-state index < -0.39 is 0 Å². The van der Waals surface area contributed by atoms with Gasteiger partial charge in [0.15, 0.2) is 11.5 Å². The minimum absolute atomic E-state index is 0.241. The van der Waals surface area contributed by atoms with E-state index in [4.69, 9.17) is 14.2 Å². The summed E-state index contributed by atoms with van der Waals surface area (Å²) in [5.41, 5.74) is 2.38. The van der Waals surface area contributed by atoms with Crippen LogP contribution in [-0.4, -0.2) is 13.9 Å². The molecule has 0 fully saturated rings. The van der Waals surface area contributed by atoms with Gasteiger partial charge in [0, 0.05) is 12.6 Å². The Morgan fingerprint density at radius 1 is 1.14 bits per heavy atom. The Morgan fingerprint density at radius 2 is 2.00 bits per heavy atom. The molecule has 0 saturated heterocycles. The summed E-state index contributed by atoms with van der Waals surface area (Å²) in [5, 5.41) is 3.51. The van der Waals surface area contributed by atoms with Crippen molar-refractivity contribution in [1.82, 2.24) is 5.32 Å². The quantitative estimate of drug-likeness (QED) is 0.915. The van der Waals surface area contributed by atoms with E-state index in [2.05, 4.69) is 30.4 Å². The lowest BCUT2D eigenvalue weighted by Crippen LogP contribution is -2.18. The predicted octanol–water partition coefficient (Wildman–Crippen LogP) is 3.27. The first-order chi connectivity index (χ1) is 10.3. The van der Waals surface area contributed by atoms with Crippen molar-refractivity contribution in [3.8, 4) is 17.2 Å². The van der Waals surface area contributed by atoms with Crippen molar-refractivity contribution < 1.29 is 14.2 Å². The Bertz CT molecular complexity index is 627. The zero-order valence-electron chi connectivity index (χ0n) is 12.3. The number of hydrogen-bond acceptors (Lipinski definition) is 4. The van der Waals surface area contributed by atoms with Gasteiger partial charge in [0.1, 0.15) is 5.75 Å². The Hall–Kier alpha value is -2.20. The normalized spacial score (nSPS) is 14.0. The minimum atomic E-state index is 0.241. The summed E-state index contributed by atoms with van der Waals surface area (Å²) >= 11 is 0. The molecule has 1 atom stereocenters. The van der Waals surface area contributed by atoms with Gasteiger partial charge in [-0.1, -0.05) is 18.2 Å². The molecule has 4 nitrogen and oxygen atoms in total. The Labute approximate surface area is 124 Å². The van der Waals surface area contributed by atoms with E-state index in [1.165, 1.54) is 11.1 Å². The first kappa shape index (κ1) is 13.8. The van der Waals surface area contributed by atoms with Gasteiger partial charge in [0.05, 0.1) is 7.11 Å². The highest BCUT2D eigenvalue weighted by Gasteiger charge is 2.13. The number of benzene rings is 2. The third-order valence-corrected chi connectivity index (χ3v) is 3.64. The van der Waals surface area contributed by atoms with Gasteiger partial charge < -0.3 is 19.5 Å². The molecule has 1 aliphatic rings. The second-order valence-electron chi connectivity index (χ2n) is 5.07. The van der Waals surface area contributed by atoms with Crippen molar-refractivity contribution in [2.45, 2.75) is 19.5 Å². The van der Waals surface area contributed by atoms with Crippen LogP contribution in [0.15, 0.2) is 42.5 Å². The van der Waals surface area contributed by atoms with Crippen LogP contribution in [0.1, 0.15) is 24.1 Å². The standard InChI is InChI=1S/C17H19NO3/c1-12(14-4-3-5-15(9-14)19-2)18-10-13-6-7-16-17(8-13)21-11-20-16/h3-9,12,18H,10-11H2,1-2H3/t12-/m1/s1. The zero-order chi connectivity index (χ0) is 14.7. The second-order valence-corrected chi connectivity index (χ2v) is 5.07. The molecule has 2 aromatic carbocycles. The maximum atomic E-state index is 5.39. The lowest BCUT2D eigenvalue weighted by Gasteiger charge is -2.15. The highest BCUT2D eigenvalue weighted by Crippen LogP contribution is 2.32. The van der Waals surface area contributed by atoms with Crippen molar-refractivity contribution in [2.24, 2.45) is 0 Å². The van der Waals surface area contributed by atoms with Gasteiger partial charge >= 0.3 is 0 Å². The van der Waals surface area contributed by atoms with Gasteiger partial charge in [0.25, 0.3) is 0 Å². The van der Waals surface area contributed by atoms with E-state index in [0.29, 0.717) is 6.79 Å². The number of hydrogen-bond donors (Lipinski definition) is 1. The van der Waals surface area contributed by atoms with Gasteiger partial charge in [-0.3, -0.25) is 0 Å². The van der Waals surface area contributed by atoms with Gasteiger partial charge in [-0.25, -0.2) is 0 Å². The van der Waals surface area contributed by atoms with E-state index in [1.54, 1.807) is 7.11 Å². The van der Waals surface area contributed by atoms with Gasteiger partial charge in [0.2, 0.25) is 6.79 Å². The third kappa shape index (κ3) is 3.11. The average molecular weight is 285 g/mol. The average Bonchev–Trinajstić information content (AvgIpc) is 3.00. The highest BCUT2D eigenvalue weighted by atomic mass is 16.7. The Balaban J connectivity index is 1.64. The molecule has 110 valence electrons. The van der Waals surface area contributed by atoms with Crippen LogP contribution in [0.5, 0.6) is 17.2 Å². The first-order valence-electron chi connectivity index (χ1n) is 7.02. The molecular weight excluding hydrogens is 266 g/mol. The van der Waals surface area contributed by atoms with Crippen molar-refractivity contribution in [3.63, 3.8) is 0 Å². The van der Waals surface area contributed by atoms with Crippen LogP contribution in [0.3, 0.4) is 0 Å². The fraction of sp³-hybridized carbons (Fsp3) is 0.294. The maximum Gasteiger partial charge on any atom is 0.231 e. The van der Waals surface area contributed by atoms with Crippen molar-refractivity contribution in [1.29, 1.82) is 0 Å². The monoisotopic (exact) mass is 285 g/mol. The predicted molar refractivity (Wildman–Crippen MR) is 80.8 cm³/mol. The molecule has 4 heteroatoms. The fourth-order valence-corrected chi connectivity index (χ4v) is 2.35. The van der Waals surface area contributed by atoms with E-state index in [9.17, 15) is 0 Å². The van der Waals surface area contributed by atoms with Gasteiger partial charge in [-0.05, 0) is 42.3 Å². The largest absolute Gasteiger partial charge is 0.497 e. The first-order valence-corrected chi connectivity index (χ1v) is 7.02. The molecule has 0 saturated carbocycles. The van der Waals surface area contributed by atoms with Crippen molar-refractivity contribution in [3.05, 3.63) is 53.6 Å². The van der Waals surface area contributed by atoms with E-state index >= 15 is 0 Å². The summed E-state index contributed by atoms with van der Waals surface area (Å²) in [5.74, 6) is 2.52. The summed E-state index contributed by atoms with van der Waals surface area (Å²) in [6.07, 6.45) is 0. The molecule has 21 heavy (non-hydrogen) atoms. The van der Waals surface area contributed by atoms with E-state index in [0.717, 1.165) is 23.8 Å². The molecule has 2 aromatic rings. The molecular formula is C17H19NO3. The highest BCUT2D eigenvalue weighted by molar-refractivity contribution is 5.44. The van der Waals surface area contributed by atoms with Gasteiger partial charge in [-0.2, -0.15) is 0 Å². The summed E-state index contributed by atoms with van der Waals surface area (Å²) in [7, 11) is 1.68. The maximum absolute atomic E-state index is 5.39. The molecule has 1 aliphatic heterocycles. The molecule has 0 spiro atoms. The number of fused-ring (bicyclic) bond motifs is 1. The second kappa shape index (κ2) is 6.06. The Morgan fingerprint density at radius 3 is 2.86 bits per heavy atom. The molecule has 3 rings (SSSR count). The van der Waals surface area contributed by atoms with Crippen LogP contribution < -0.4 is 19.5 Å². The number of rotatable bonds is 5. The smallest absolute Gasteiger partial charge is 0.231 e. The van der Waals surface area contributed by atoms with Crippen LogP contribution in [0.25, 0.3) is 0 Å². The molecule has 0 aromatic heterocycles. The molecule has 1 N–H and O–H groups in total. The van der Waals surface area contributed by atoms with Crippen LogP contribution in [0.4, 0.5) is 0 Å². The molecule has 0 amide bonds. The molecule has 0 bridgehead atoms. The zero-order valence-corrected chi connectivity index (χ0v) is 12.3. The van der Waals surface area contributed by atoms with Crippen molar-refractivity contribution >= 4 is 0 Å². The van der Waals surface area contributed by atoms with E-state index in [-0.39, 0.29) is 6.04 Å². The number of nitrogens with one attached hydrogen (secondary N) is 1. The van der Waals surface area contributed by atoms with Crippen LogP contribution in [0, 0.1) is 0 Å². The number of methoxy groups -OCH3 is 1. The summed E-state index contributed by atoms with van der Waals surface area (Å²) in [6.45, 7) is 3.23. The SMILES string of the molecule is COc1cccc([C@@H](C)NCc2ccc3c(c2)OCO3)c1.